The molecule has 0 unspecified atom stereocenters. The van der Waals surface area contributed by atoms with E-state index in [1.54, 1.807) is 30.5 Å². The summed E-state index contributed by atoms with van der Waals surface area (Å²) in [6, 6.07) is 25.1. The van der Waals surface area contributed by atoms with Gasteiger partial charge in [0.25, 0.3) is 5.91 Å². The maximum atomic E-state index is 12.2. The van der Waals surface area contributed by atoms with E-state index in [2.05, 4.69) is 86.0 Å². The fourth-order valence-corrected chi connectivity index (χ4v) is 5.45. The Kier molecular flexibility index (Phi) is 7.64. The van der Waals surface area contributed by atoms with Crippen molar-refractivity contribution in [3.05, 3.63) is 108 Å². The first-order chi connectivity index (χ1) is 15.5. The normalized spacial score (nSPS) is 11.1. The zero-order valence-corrected chi connectivity index (χ0v) is 21.8. The van der Waals surface area contributed by atoms with Crippen LogP contribution in [-0.2, 0) is 6.61 Å². The van der Waals surface area contributed by atoms with Gasteiger partial charge in [-0.15, -0.1) is 0 Å². The molecule has 4 aromatic rings. The van der Waals surface area contributed by atoms with Crippen LogP contribution < -0.4 is 10.2 Å². The summed E-state index contributed by atoms with van der Waals surface area (Å²) in [7, 11) is 0. The molecule has 0 radical (unpaired) electrons. The van der Waals surface area contributed by atoms with Crippen molar-refractivity contribution in [2.75, 3.05) is 0 Å². The van der Waals surface area contributed by atoms with Gasteiger partial charge in [-0.3, -0.25) is 4.79 Å². The standard InChI is InChI=1S/C25H17ClI2N2O2/c26-20-10-8-18(9-11-20)25(31)30-29-14-16-12-22(27)24(23(28)13-16)32-15-19-6-3-5-17-4-1-2-7-21(17)19/h1-14H,15H2,(H,30,31)/b29-14+. The number of carbonyl (C=O) groups excluding carboxylic acids is 1. The molecular formula is C25H17ClI2N2O2. The lowest BCUT2D eigenvalue weighted by Gasteiger charge is -2.13. The monoisotopic (exact) mass is 666 g/mol. The minimum atomic E-state index is -0.294. The van der Waals surface area contributed by atoms with Gasteiger partial charge < -0.3 is 4.74 Å². The van der Waals surface area contributed by atoms with Gasteiger partial charge >= 0.3 is 0 Å². The van der Waals surface area contributed by atoms with E-state index in [1.807, 2.05) is 24.3 Å². The molecule has 4 rings (SSSR count). The Balaban J connectivity index is 1.44. The molecule has 0 aliphatic heterocycles. The van der Waals surface area contributed by atoms with Gasteiger partial charge in [0.05, 0.1) is 13.4 Å². The number of hydrogen-bond donors (Lipinski definition) is 1. The third-order valence-electron chi connectivity index (χ3n) is 4.76. The number of hydrogen-bond acceptors (Lipinski definition) is 3. The van der Waals surface area contributed by atoms with Crippen LogP contribution in [0.5, 0.6) is 5.75 Å². The van der Waals surface area contributed by atoms with Crippen LogP contribution >= 0.6 is 56.8 Å². The molecule has 1 N–H and O–H groups in total. The summed E-state index contributed by atoms with van der Waals surface area (Å²) in [6.07, 6.45) is 1.62. The molecular weight excluding hydrogens is 650 g/mol. The van der Waals surface area contributed by atoms with Crippen LogP contribution in [0.4, 0.5) is 0 Å². The smallest absolute Gasteiger partial charge is 0.271 e. The van der Waals surface area contributed by atoms with Crippen molar-refractivity contribution in [2.45, 2.75) is 6.61 Å². The van der Waals surface area contributed by atoms with Crippen molar-refractivity contribution in [3.63, 3.8) is 0 Å². The van der Waals surface area contributed by atoms with Gasteiger partial charge in [-0.1, -0.05) is 54.1 Å². The number of nitrogens with one attached hydrogen (secondary N) is 1. The van der Waals surface area contributed by atoms with Crippen molar-refractivity contribution in [1.82, 2.24) is 5.43 Å². The maximum absolute atomic E-state index is 12.2. The van der Waals surface area contributed by atoms with Crippen LogP contribution in [0.25, 0.3) is 10.8 Å². The summed E-state index contributed by atoms with van der Waals surface area (Å²) < 4.78 is 8.13. The molecule has 0 aliphatic rings. The van der Waals surface area contributed by atoms with Crippen molar-refractivity contribution in [1.29, 1.82) is 0 Å². The highest BCUT2D eigenvalue weighted by molar-refractivity contribution is 14.1. The Hall–Kier alpha value is -2.17. The Bertz CT molecular complexity index is 1280. The summed E-state index contributed by atoms with van der Waals surface area (Å²) in [5, 5.41) is 7.05. The van der Waals surface area contributed by atoms with Crippen molar-refractivity contribution in [2.24, 2.45) is 5.10 Å². The van der Waals surface area contributed by atoms with Gasteiger partial charge in [0.2, 0.25) is 0 Å². The number of ether oxygens (including phenoxy) is 1. The van der Waals surface area contributed by atoms with E-state index in [0.29, 0.717) is 17.2 Å². The van der Waals surface area contributed by atoms with Crippen LogP contribution in [0.3, 0.4) is 0 Å². The first kappa shape index (κ1) is 23.0. The summed E-state index contributed by atoms with van der Waals surface area (Å²) >= 11 is 10.4. The Morgan fingerprint density at radius 3 is 2.41 bits per heavy atom. The number of fused-ring (bicyclic) bond motifs is 1. The molecule has 0 aliphatic carbocycles. The molecule has 160 valence electrons. The molecule has 0 aromatic heterocycles. The number of amides is 1. The second-order valence-corrected chi connectivity index (χ2v) is 9.71. The molecule has 0 atom stereocenters. The lowest BCUT2D eigenvalue weighted by Crippen LogP contribution is -2.17. The quantitative estimate of drug-likeness (QED) is 0.136. The highest BCUT2D eigenvalue weighted by Gasteiger charge is 2.10. The van der Waals surface area contributed by atoms with Gasteiger partial charge in [0.15, 0.2) is 0 Å². The molecule has 0 fully saturated rings. The van der Waals surface area contributed by atoms with E-state index in [-0.39, 0.29) is 5.91 Å². The van der Waals surface area contributed by atoms with Crippen LogP contribution in [0.1, 0.15) is 21.5 Å². The zero-order valence-electron chi connectivity index (χ0n) is 16.7. The zero-order chi connectivity index (χ0) is 22.5. The summed E-state index contributed by atoms with van der Waals surface area (Å²) in [6.45, 7) is 0.484. The molecule has 7 heteroatoms. The van der Waals surface area contributed by atoms with Crippen LogP contribution in [0.2, 0.25) is 5.02 Å². The Morgan fingerprint density at radius 1 is 0.969 bits per heavy atom. The second-order valence-electron chi connectivity index (χ2n) is 6.95. The third kappa shape index (κ3) is 5.60. The lowest BCUT2D eigenvalue weighted by atomic mass is 10.1. The molecule has 0 saturated heterocycles. The van der Waals surface area contributed by atoms with Gasteiger partial charge in [0, 0.05) is 10.6 Å². The minimum absolute atomic E-state index is 0.294. The van der Waals surface area contributed by atoms with E-state index in [4.69, 9.17) is 16.3 Å². The largest absolute Gasteiger partial charge is 0.487 e. The number of rotatable bonds is 6. The molecule has 32 heavy (non-hydrogen) atoms. The van der Waals surface area contributed by atoms with Gasteiger partial charge in [-0.25, -0.2) is 5.43 Å². The minimum Gasteiger partial charge on any atom is -0.487 e. The number of halogens is 3. The van der Waals surface area contributed by atoms with E-state index in [0.717, 1.165) is 24.0 Å². The predicted octanol–water partition coefficient (Wildman–Crippen LogP) is 7.05. The highest BCUT2D eigenvalue weighted by atomic mass is 127. The average molecular weight is 667 g/mol. The van der Waals surface area contributed by atoms with E-state index in [1.165, 1.54) is 10.8 Å². The van der Waals surface area contributed by atoms with Gasteiger partial charge in [-0.2, -0.15) is 5.10 Å². The maximum Gasteiger partial charge on any atom is 0.271 e. The summed E-state index contributed by atoms with van der Waals surface area (Å²) in [5.41, 5.74) is 5.04. The van der Waals surface area contributed by atoms with E-state index < -0.39 is 0 Å². The number of benzene rings is 4. The summed E-state index contributed by atoms with van der Waals surface area (Å²) in [4.78, 5) is 12.2. The average Bonchev–Trinajstić information content (AvgIpc) is 2.79. The highest BCUT2D eigenvalue weighted by Crippen LogP contribution is 2.30. The van der Waals surface area contributed by atoms with Crippen molar-refractivity contribution in [3.8, 4) is 5.75 Å². The molecule has 1 amide bonds. The molecule has 0 heterocycles. The topological polar surface area (TPSA) is 50.7 Å². The van der Waals surface area contributed by atoms with Gasteiger partial charge in [0.1, 0.15) is 12.4 Å². The van der Waals surface area contributed by atoms with Crippen molar-refractivity contribution < 1.29 is 9.53 Å². The van der Waals surface area contributed by atoms with Crippen LogP contribution in [-0.4, -0.2) is 12.1 Å². The van der Waals surface area contributed by atoms with E-state index >= 15 is 0 Å². The first-order valence-electron chi connectivity index (χ1n) is 9.69. The molecule has 4 aromatic carbocycles. The van der Waals surface area contributed by atoms with Crippen LogP contribution in [0.15, 0.2) is 84.0 Å². The van der Waals surface area contributed by atoms with Crippen molar-refractivity contribution >= 4 is 79.7 Å². The summed E-state index contributed by atoms with van der Waals surface area (Å²) in [5.74, 6) is 0.541. The molecule has 0 spiro atoms. The molecule has 4 nitrogen and oxygen atoms in total. The van der Waals surface area contributed by atoms with Crippen LogP contribution in [0, 0.1) is 7.14 Å². The fourth-order valence-electron chi connectivity index (χ4n) is 3.19. The van der Waals surface area contributed by atoms with E-state index in [9.17, 15) is 4.79 Å². The number of carbonyl (C=O) groups is 1. The van der Waals surface area contributed by atoms with Gasteiger partial charge in [-0.05, 0) is 103 Å². The first-order valence-corrected chi connectivity index (χ1v) is 12.2. The lowest BCUT2D eigenvalue weighted by molar-refractivity contribution is 0.0955. The third-order valence-corrected chi connectivity index (χ3v) is 6.61. The number of nitrogens with zero attached hydrogens (tertiary/aromatic N) is 1. The number of hydrazone groups is 1. The molecule has 0 saturated carbocycles. The Labute approximate surface area is 218 Å². The Morgan fingerprint density at radius 2 is 1.66 bits per heavy atom. The predicted molar refractivity (Wildman–Crippen MR) is 147 cm³/mol. The SMILES string of the molecule is O=C(N/N=C/c1cc(I)c(OCc2cccc3ccccc23)c(I)c1)c1ccc(Cl)cc1. The fraction of sp³-hybridized carbons (Fsp3) is 0.0400. The molecule has 0 bridgehead atoms. The second kappa shape index (κ2) is 10.6.